The predicted molar refractivity (Wildman–Crippen MR) is 101 cm³/mol. The molecule has 0 saturated heterocycles. The molecule has 3 aromatic rings. The van der Waals surface area contributed by atoms with Crippen LogP contribution in [0.25, 0.3) is 11.1 Å². The van der Waals surface area contributed by atoms with Crippen molar-refractivity contribution in [2.75, 3.05) is 13.2 Å². The van der Waals surface area contributed by atoms with Crippen molar-refractivity contribution in [2.24, 2.45) is 0 Å². The van der Waals surface area contributed by atoms with Gasteiger partial charge in [-0.1, -0.05) is 24.3 Å². The molecule has 0 bridgehead atoms. The highest BCUT2D eigenvalue weighted by Crippen LogP contribution is 2.38. The maximum Gasteiger partial charge on any atom is 0.274 e. The van der Waals surface area contributed by atoms with Crippen molar-refractivity contribution in [1.29, 1.82) is 0 Å². The molecule has 2 heterocycles. The third kappa shape index (κ3) is 3.33. The van der Waals surface area contributed by atoms with Crippen LogP contribution in [0.3, 0.4) is 0 Å². The number of rotatable bonds is 2. The van der Waals surface area contributed by atoms with Crippen molar-refractivity contribution in [3.8, 4) is 22.6 Å². The van der Waals surface area contributed by atoms with Crippen molar-refractivity contribution in [3.63, 3.8) is 0 Å². The second-order valence-electron chi connectivity index (χ2n) is 6.46. The zero-order valence-corrected chi connectivity index (χ0v) is 14.9. The van der Waals surface area contributed by atoms with E-state index in [1.54, 1.807) is 11.0 Å². The number of hydrogen-bond acceptors (Lipinski definition) is 5. The monoisotopic (exact) mass is 361 g/mol. The fourth-order valence-corrected chi connectivity index (χ4v) is 3.30. The first-order valence-corrected chi connectivity index (χ1v) is 8.73. The van der Waals surface area contributed by atoms with Crippen molar-refractivity contribution in [1.82, 2.24) is 14.9 Å². The molecule has 1 aliphatic heterocycles. The second kappa shape index (κ2) is 7.07. The van der Waals surface area contributed by atoms with Crippen LogP contribution in [0.5, 0.6) is 11.5 Å². The highest BCUT2D eigenvalue weighted by atomic mass is 16.5. The first-order chi connectivity index (χ1) is 13.1. The Morgan fingerprint density at radius 2 is 2.07 bits per heavy atom. The van der Waals surface area contributed by atoms with Gasteiger partial charge in [0.05, 0.1) is 12.7 Å². The van der Waals surface area contributed by atoms with Crippen LogP contribution < -0.4 is 4.74 Å². The van der Waals surface area contributed by atoms with Gasteiger partial charge in [-0.3, -0.25) is 9.78 Å². The summed E-state index contributed by atoms with van der Waals surface area (Å²) in [5, 5.41) is 10.5. The van der Waals surface area contributed by atoms with Crippen LogP contribution in [0.2, 0.25) is 0 Å². The molecule has 0 fully saturated rings. The maximum absolute atomic E-state index is 12.8. The van der Waals surface area contributed by atoms with E-state index in [1.165, 1.54) is 18.6 Å². The molecule has 6 nitrogen and oxygen atoms in total. The van der Waals surface area contributed by atoms with Crippen LogP contribution in [0, 0.1) is 6.92 Å². The van der Waals surface area contributed by atoms with Crippen LogP contribution in [-0.2, 0) is 6.54 Å². The van der Waals surface area contributed by atoms with Gasteiger partial charge in [0.25, 0.3) is 5.91 Å². The summed E-state index contributed by atoms with van der Waals surface area (Å²) in [5.74, 6) is 0.307. The van der Waals surface area contributed by atoms with Crippen molar-refractivity contribution in [2.45, 2.75) is 13.5 Å². The maximum atomic E-state index is 12.8. The number of benzene rings is 2. The van der Waals surface area contributed by atoms with Crippen molar-refractivity contribution >= 4 is 5.91 Å². The largest absolute Gasteiger partial charge is 0.504 e. The number of amides is 1. The molecule has 1 aromatic heterocycles. The van der Waals surface area contributed by atoms with E-state index < -0.39 is 0 Å². The molecule has 0 atom stereocenters. The number of aryl methyl sites for hydroxylation is 1. The molecule has 0 unspecified atom stereocenters. The van der Waals surface area contributed by atoms with Gasteiger partial charge in [-0.25, -0.2) is 4.98 Å². The quantitative estimate of drug-likeness (QED) is 0.759. The molecule has 0 spiro atoms. The summed E-state index contributed by atoms with van der Waals surface area (Å²) in [4.78, 5) is 22.5. The van der Waals surface area contributed by atoms with Gasteiger partial charge >= 0.3 is 0 Å². The standard InChI is InChI=1S/C21H19N3O3/c1-14-4-2-3-5-17(14)15-10-16-13-24(8-9-27-20(16)19(25)11-15)21(26)18-12-22-6-7-23-18/h2-7,10-12,25H,8-9,13H2,1H3. The molecule has 0 radical (unpaired) electrons. The van der Waals surface area contributed by atoms with Gasteiger partial charge in [0.15, 0.2) is 11.5 Å². The van der Waals surface area contributed by atoms with Crippen LogP contribution in [0.1, 0.15) is 21.6 Å². The molecule has 27 heavy (non-hydrogen) atoms. The number of phenols is 1. The van der Waals surface area contributed by atoms with Crippen LogP contribution in [0.15, 0.2) is 55.0 Å². The van der Waals surface area contributed by atoms with Gasteiger partial charge in [0, 0.05) is 24.5 Å². The number of phenolic OH excluding ortho intramolecular Hbond substituents is 1. The fourth-order valence-electron chi connectivity index (χ4n) is 3.30. The van der Waals surface area contributed by atoms with E-state index >= 15 is 0 Å². The lowest BCUT2D eigenvalue weighted by atomic mass is 9.98. The van der Waals surface area contributed by atoms with Gasteiger partial charge < -0.3 is 14.7 Å². The molecule has 6 heteroatoms. The van der Waals surface area contributed by atoms with Crippen molar-refractivity contribution < 1.29 is 14.6 Å². The van der Waals surface area contributed by atoms with E-state index in [0.29, 0.717) is 31.1 Å². The lowest BCUT2D eigenvalue weighted by Gasteiger charge is -2.19. The average molecular weight is 361 g/mol. The molecule has 1 N–H and O–H groups in total. The third-order valence-electron chi connectivity index (χ3n) is 4.64. The van der Waals surface area contributed by atoms with Gasteiger partial charge in [0.2, 0.25) is 0 Å². The lowest BCUT2D eigenvalue weighted by molar-refractivity contribution is 0.0726. The number of aromatic nitrogens is 2. The van der Waals surface area contributed by atoms with Crippen molar-refractivity contribution in [3.05, 3.63) is 71.8 Å². The minimum Gasteiger partial charge on any atom is -0.504 e. The number of carbonyl (C=O) groups is 1. The number of fused-ring (bicyclic) bond motifs is 1. The molecule has 0 saturated carbocycles. The van der Waals surface area contributed by atoms with Crippen LogP contribution >= 0.6 is 0 Å². The van der Waals surface area contributed by atoms with Gasteiger partial charge in [0.1, 0.15) is 12.3 Å². The second-order valence-corrected chi connectivity index (χ2v) is 6.46. The molecule has 2 aromatic carbocycles. The summed E-state index contributed by atoms with van der Waals surface area (Å²) in [5.41, 5.74) is 4.09. The Hall–Kier alpha value is -3.41. The molecule has 136 valence electrons. The zero-order chi connectivity index (χ0) is 18.8. The minimum absolute atomic E-state index is 0.0829. The first-order valence-electron chi connectivity index (χ1n) is 8.73. The van der Waals surface area contributed by atoms with Gasteiger partial charge in [-0.15, -0.1) is 0 Å². The molecular weight excluding hydrogens is 342 g/mol. The minimum atomic E-state index is -0.208. The number of nitrogens with zero attached hydrogens (tertiary/aromatic N) is 3. The summed E-state index contributed by atoms with van der Waals surface area (Å²) >= 11 is 0. The Kier molecular flexibility index (Phi) is 4.46. The fraction of sp³-hybridized carbons (Fsp3) is 0.190. The topological polar surface area (TPSA) is 75.5 Å². The molecule has 4 rings (SSSR count). The first kappa shape index (κ1) is 17.0. The average Bonchev–Trinajstić information content (AvgIpc) is 2.91. The van der Waals surface area contributed by atoms with Crippen LogP contribution in [-0.4, -0.2) is 39.0 Å². The lowest BCUT2D eigenvalue weighted by Crippen LogP contribution is -2.33. The van der Waals surface area contributed by atoms with E-state index in [1.807, 2.05) is 37.3 Å². The number of carbonyl (C=O) groups excluding carboxylic acids is 1. The Morgan fingerprint density at radius 1 is 1.22 bits per heavy atom. The molecular formula is C21H19N3O3. The van der Waals surface area contributed by atoms with E-state index in [9.17, 15) is 9.90 Å². The SMILES string of the molecule is Cc1ccccc1-c1cc(O)c2c(c1)CN(C(=O)c1cnccn1)CCO2. The van der Waals surface area contributed by atoms with E-state index in [-0.39, 0.29) is 11.7 Å². The Balaban J connectivity index is 1.71. The highest BCUT2D eigenvalue weighted by molar-refractivity contribution is 5.92. The smallest absolute Gasteiger partial charge is 0.274 e. The molecule has 1 aliphatic rings. The Labute approximate surface area is 157 Å². The number of hydrogen-bond donors (Lipinski definition) is 1. The van der Waals surface area contributed by atoms with E-state index in [4.69, 9.17) is 4.74 Å². The van der Waals surface area contributed by atoms with Gasteiger partial charge in [-0.2, -0.15) is 0 Å². The van der Waals surface area contributed by atoms with Gasteiger partial charge in [-0.05, 0) is 35.7 Å². The number of aromatic hydroxyl groups is 1. The molecule has 0 aliphatic carbocycles. The summed E-state index contributed by atoms with van der Waals surface area (Å²) in [7, 11) is 0. The number of ether oxygens (including phenoxy) is 1. The summed E-state index contributed by atoms with van der Waals surface area (Å²) in [6.07, 6.45) is 4.48. The van der Waals surface area contributed by atoms with E-state index in [0.717, 1.165) is 22.3 Å². The predicted octanol–water partition coefficient (Wildman–Crippen LogP) is 3.19. The third-order valence-corrected chi connectivity index (χ3v) is 4.64. The summed E-state index contributed by atoms with van der Waals surface area (Å²) < 4.78 is 5.74. The van der Waals surface area contributed by atoms with E-state index in [2.05, 4.69) is 9.97 Å². The normalized spacial score (nSPS) is 13.4. The summed E-state index contributed by atoms with van der Waals surface area (Å²) in [6.45, 7) is 3.07. The Bertz CT molecular complexity index is 989. The zero-order valence-electron chi connectivity index (χ0n) is 14.9. The molecule has 1 amide bonds. The summed E-state index contributed by atoms with van der Waals surface area (Å²) in [6, 6.07) is 11.7. The Morgan fingerprint density at radius 3 is 2.85 bits per heavy atom. The van der Waals surface area contributed by atoms with Crippen LogP contribution in [0.4, 0.5) is 0 Å². The highest BCUT2D eigenvalue weighted by Gasteiger charge is 2.24.